The number of allylic oxidation sites excluding steroid dienone is 1. The van der Waals surface area contributed by atoms with Crippen LogP contribution in [0.2, 0.25) is 5.02 Å². The summed E-state index contributed by atoms with van der Waals surface area (Å²) in [6.07, 6.45) is 2.82. The van der Waals surface area contributed by atoms with Gasteiger partial charge < -0.3 is 11.1 Å². The molecule has 0 saturated heterocycles. The number of rotatable bonds is 6. The van der Waals surface area contributed by atoms with E-state index in [-0.39, 0.29) is 11.6 Å². The van der Waals surface area contributed by atoms with E-state index in [1.165, 1.54) is 6.07 Å². The number of nitrogens with one attached hydrogen (secondary N) is 1. The number of nitrogens with two attached hydrogens (primary N) is 1. The number of hydrogen-bond acceptors (Lipinski definition) is 4. The molecule has 0 atom stereocenters. The van der Waals surface area contributed by atoms with Crippen LogP contribution in [0.5, 0.6) is 0 Å². The third kappa shape index (κ3) is 5.48. The minimum atomic E-state index is -4.41. The lowest BCUT2D eigenvalue weighted by Gasteiger charge is -2.12. The van der Waals surface area contributed by atoms with Crippen LogP contribution in [-0.2, 0) is 19.1 Å². The molecule has 0 radical (unpaired) electrons. The molecule has 150 valence electrons. The van der Waals surface area contributed by atoms with Crippen molar-refractivity contribution in [1.82, 2.24) is 9.97 Å². The van der Waals surface area contributed by atoms with Crippen LogP contribution in [0.25, 0.3) is 5.57 Å². The minimum absolute atomic E-state index is 0.124. The van der Waals surface area contributed by atoms with Crippen LogP contribution in [0.3, 0.4) is 0 Å². The van der Waals surface area contributed by atoms with Crippen LogP contribution in [-0.4, -0.2) is 9.97 Å². The first-order chi connectivity index (χ1) is 13.9. The van der Waals surface area contributed by atoms with Crippen molar-refractivity contribution in [3.8, 4) is 0 Å². The lowest BCUT2D eigenvalue weighted by atomic mass is 10.0. The van der Waals surface area contributed by atoms with Crippen molar-refractivity contribution in [2.24, 2.45) is 5.73 Å². The molecule has 4 nitrogen and oxygen atoms in total. The molecule has 0 saturated carbocycles. The molecule has 0 aliphatic rings. The van der Waals surface area contributed by atoms with Gasteiger partial charge in [0.2, 0.25) is 0 Å². The molecule has 3 rings (SSSR count). The molecule has 3 aromatic rings. The highest BCUT2D eigenvalue weighted by molar-refractivity contribution is 6.31. The van der Waals surface area contributed by atoms with E-state index in [1.807, 2.05) is 18.2 Å². The summed E-state index contributed by atoms with van der Waals surface area (Å²) in [5, 5.41) is 3.25. The molecule has 0 aliphatic heterocycles. The first kappa shape index (κ1) is 20.7. The van der Waals surface area contributed by atoms with Crippen molar-refractivity contribution >= 4 is 23.0 Å². The summed E-state index contributed by atoms with van der Waals surface area (Å²) in [4.78, 5) is 8.40. The molecule has 0 unspecified atom stereocenters. The van der Waals surface area contributed by atoms with Crippen molar-refractivity contribution in [3.05, 3.63) is 94.5 Å². The van der Waals surface area contributed by atoms with Gasteiger partial charge in [-0.05, 0) is 58.8 Å². The SMILES string of the molecule is N/C=C(/Cc1ccc(NCc2cc(C(F)(F)F)ccc2Cl)nc1)c1cccnc1. The fourth-order valence-electron chi connectivity index (χ4n) is 2.74. The van der Waals surface area contributed by atoms with E-state index in [1.54, 1.807) is 30.9 Å². The third-order valence-electron chi connectivity index (χ3n) is 4.29. The number of alkyl halides is 3. The number of anilines is 1. The summed E-state index contributed by atoms with van der Waals surface area (Å²) in [6, 6.07) is 10.6. The van der Waals surface area contributed by atoms with E-state index < -0.39 is 11.7 Å². The summed E-state index contributed by atoms with van der Waals surface area (Å²) in [5.74, 6) is 0.530. The number of nitrogens with zero attached hydrogens (tertiary/aromatic N) is 2. The Hall–Kier alpha value is -3.06. The van der Waals surface area contributed by atoms with E-state index in [9.17, 15) is 13.2 Å². The van der Waals surface area contributed by atoms with Gasteiger partial charge >= 0.3 is 6.18 Å². The molecule has 2 aromatic heterocycles. The van der Waals surface area contributed by atoms with Crippen LogP contribution in [0.15, 0.2) is 67.3 Å². The Morgan fingerprint density at radius 2 is 1.97 bits per heavy atom. The highest BCUT2D eigenvalue weighted by atomic mass is 35.5. The number of halogens is 4. The molecule has 2 heterocycles. The molecular weight excluding hydrogens is 401 g/mol. The summed E-state index contributed by atoms with van der Waals surface area (Å²) in [7, 11) is 0. The number of benzene rings is 1. The quantitative estimate of drug-likeness (QED) is 0.570. The maximum absolute atomic E-state index is 12.9. The maximum Gasteiger partial charge on any atom is 0.416 e. The average Bonchev–Trinajstić information content (AvgIpc) is 2.72. The summed E-state index contributed by atoms with van der Waals surface area (Å²) in [6.45, 7) is 0.124. The predicted molar refractivity (Wildman–Crippen MR) is 108 cm³/mol. The Bertz CT molecular complexity index is 987. The molecule has 0 bridgehead atoms. The van der Waals surface area contributed by atoms with E-state index in [2.05, 4.69) is 15.3 Å². The molecule has 8 heteroatoms. The number of hydrogen-bond donors (Lipinski definition) is 2. The lowest BCUT2D eigenvalue weighted by molar-refractivity contribution is -0.137. The number of pyridine rings is 2. The van der Waals surface area contributed by atoms with Crippen molar-refractivity contribution in [1.29, 1.82) is 0 Å². The van der Waals surface area contributed by atoms with Gasteiger partial charge in [-0.2, -0.15) is 13.2 Å². The second kappa shape index (κ2) is 8.96. The van der Waals surface area contributed by atoms with Crippen LogP contribution in [0, 0.1) is 0 Å². The molecule has 1 aromatic carbocycles. The van der Waals surface area contributed by atoms with Gasteiger partial charge in [0.1, 0.15) is 5.82 Å². The Labute approximate surface area is 171 Å². The normalized spacial score (nSPS) is 12.1. The van der Waals surface area contributed by atoms with Gasteiger partial charge in [0.15, 0.2) is 0 Å². The smallest absolute Gasteiger partial charge is 0.404 e. The topological polar surface area (TPSA) is 63.8 Å². The molecule has 0 aliphatic carbocycles. The van der Waals surface area contributed by atoms with Crippen LogP contribution < -0.4 is 11.1 Å². The monoisotopic (exact) mass is 418 g/mol. The van der Waals surface area contributed by atoms with E-state index in [0.717, 1.165) is 28.8 Å². The summed E-state index contributed by atoms with van der Waals surface area (Å²) < 4.78 is 38.6. The van der Waals surface area contributed by atoms with Crippen LogP contribution in [0.1, 0.15) is 22.3 Å². The Kier molecular flexibility index (Phi) is 6.39. The van der Waals surface area contributed by atoms with Gasteiger partial charge in [0.05, 0.1) is 5.56 Å². The molecule has 0 fully saturated rings. The Balaban J connectivity index is 1.66. The van der Waals surface area contributed by atoms with Gasteiger partial charge in [0.25, 0.3) is 0 Å². The first-order valence-electron chi connectivity index (χ1n) is 8.72. The maximum atomic E-state index is 12.9. The molecule has 0 spiro atoms. The standard InChI is InChI=1S/C21H18ClF3N4/c22-19-5-4-18(21(23,24)25)9-17(19)13-29-20-6-3-14(11-28-20)8-16(10-26)15-2-1-7-27-12-15/h1-7,9-12H,8,13,26H2,(H,28,29)/b16-10-. The predicted octanol–water partition coefficient (Wildman–Crippen LogP) is 5.30. The second-order valence-corrected chi connectivity index (χ2v) is 6.73. The summed E-state index contributed by atoms with van der Waals surface area (Å²) >= 11 is 6.02. The van der Waals surface area contributed by atoms with Crippen LogP contribution >= 0.6 is 11.6 Å². The van der Waals surface area contributed by atoms with E-state index in [4.69, 9.17) is 17.3 Å². The lowest BCUT2D eigenvalue weighted by Crippen LogP contribution is -2.08. The summed E-state index contributed by atoms with van der Waals surface area (Å²) in [5.41, 5.74) is 8.12. The molecule has 3 N–H and O–H groups in total. The second-order valence-electron chi connectivity index (χ2n) is 6.32. The van der Waals surface area contributed by atoms with Gasteiger partial charge in [0, 0.05) is 36.6 Å². The largest absolute Gasteiger partial charge is 0.416 e. The Morgan fingerprint density at radius 1 is 1.14 bits per heavy atom. The molecule has 0 amide bonds. The van der Waals surface area contributed by atoms with Crippen LogP contribution in [0.4, 0.5) is 19.0 Å². The fraction of sp³-hybridized carbons (Fsp3) is 0.143. The van der Waals surface area contributed by atoms with Gasteiger partial charge in [-0.1, -0.05) is 23.7 Å². The highest BCUT2D eigenvalue weighted by Crippen LogP contribution is 2.32. The molecule has 29 heavy (non-hydrogen) atoms. The van der Waals surface area contributed by atoms with Crippen molar-refractivity contribution in [3.63, 3.8) is 0 Å². The van der Waals surface area contributed by atoms with Crippen molar-refractivity contribution in [2.75, 3.05) is 5.32 Å². The van der Waals surface area contributed by atoms with E-state index >= 15 is 0 Å². The van der Waals surface area contributed by atoms with E-state index in [0.29, 0.717) is 17.8 Å². The highest BCUT2D eigenvalue weighted by Gasteiger charge is 2.30. The molecular formula is C21H18ClF3N4. The fourth-order valence-corrected chi connectivity index (χ4v) is 2.92. The van der Waals surface area contributed by atoms with Crippen molar-refractivity contribution in [2.45, 2.75) is 19.1 Å². The third-order valence-corrected chi connectivity index (χ3v) is 4.65. The van der Waals surface area contributed by atoms with Gasteiger partial charge in [-0.15, -0.1) is 0 Å². The Morgan fingerprint density at radius 3 is 2.59 bits per heavy atom. The first-order valence-corrected chi connectivity index (χ1v) is 9.10. The average molecular weight is 419 g/mol. The van der Waals surface area contributed by atoms with Gasteiger partial charge in [-0.3, -0.25) is 4.98 Å². The zero-order chi connectivity index (χ0) is 20.9. The number of aromatic nitrogens is 2. The minimum Gasteiger partial charge on any atom is -0.404 e. The zero-order valence-corrected chi connectivity index (χ0v) is 16.0. The van der Waals surface area contributed by atoms with Crippen molar-refractivity contribution < 1.29 is 13.2 Å². The van der Waals surface area contributed by atoms with Gasteiger partial charge in [-0.25, -0.2) is 4.98 Å². The zero-order valence-electron chi connectivity index (χ0n) is 15.2.